The average Bonchev–Trinajstić information content (AvgIpc) is 2.49. The molecule has 0 spiro atoms. The molecule has 0 radical (unpaired) electrons. The first-order valence-corrected chi connectivity index (χ1v) is 6.54. The van der Waals surface area contributed by atoms with Gasteiger partial charge in [0, 0.05) is 6.54 Å². The van der Waals surface area contributed by atoms with Gasteiger partial charge < -0.3 is 4.74 Å². The van der Waals surface area contributed by atoms with Crippen molar-refractivity contribution >= 4 is 5.91 Å². The van der Waals surface area contributed by atoms with Gasteiger partial charge in [-0.05, 0) is 24.6 Å². The summed E-state index contributed by atoms with van der Waals surface area (Å²) in [5.74, 6) is 0.475. The van der Waals surface area contributed by atoms with Crippen molar-refractivity contribution in [2.24, 2.45) is 0 Å². The molecule has 0 aliphatic heterocycles. The molecule has 2 rings (SSSR count). The van der Waals surface area contributed by atoms with Crippen LogP contribution in [0, 0.1) is 0 Å². The van der Waals surface area contributed by atoms with Crippen LogP contribution in [0.15, 0.2) is 60.7 Å². The molecular weight excluding hydrogens is 252 g/mol. The van der Waals surface area contributed by atoms with Crippen molar-refractivity contribution in [2.45, 2.75) is 19.6 Å². The Bertz CT molecular complexity index is 529. The number of nitrogens with one attached hydrogen (secondary N) is 2. The van der Waals surface area contributed by atoms with Crippen LogP contribution in [0.5, 0.6) is 5.75 Å². The zero-order chi connectivity index (χ0) is 14.2. The second-order valence-electron chi connectivity index (χ2n) is 4.40. The summed E-state index contributed by atoms with van der Waals surface area (Å²) in [6.07, 6.45) is -0.555. The zero-order valence-electron chi connectivity index (χ0n) is 11.4. The van der Waals surface area contributed by atoms with Crippen LogP contribution < -0.4 is 15.6 Å². The van der Waals surface area contributed by atoms with E-state index in [4.69, 9.17) is 4.74 Å². The number of hydrogen-bond acceptors (Lipinski definition) is 3. The number of hydrogen-bond donors (Lipinski definition) is 2. The molecule has 0 saturated heterocycles. The first kappa shape index (κ1) is 14.1. The molecule has 4 nitrogen and oxygen atoms in total. The first-order valence-electron chi connectivity index (χ1n) is 6.54. The highest BCUT2D eigenvalue weighted by Crippen LogP contribution is 2.10. The molecule has 0 aliphatic carbocycles. The van der Waals surface area contributed by atoms with Gasteiger partial charge in [-0.25, -0.2) is 5.43 Å². The average molecular weight is 270 g/mol. The second kappa shape index (κ2) is 7.31. The molecule has 0 bridgehead atoms. The van der Waals surface area contributed by atoms with E-state index in [0.717, 1.165) is 5.56 Å². The molecule has 4 heteroatoms. The lowest BCUT2D eigenvalue weighted by Gasteiger charge is -2.15. The molecule has 0 fully saturated rings. The Morgan fingerprint density at radius 2 is 1.65 bits per heavy atom. The molecule has 2 N–H and O–H groups in total. The zero-order valence-corrected chi connectivity index (χ0v) is 11.4. The number of rotatable bonds is 6. The summed E-state index contributed by atoms with van der Waals surface area (Å²) in [4.78, 5) is 11.8. The van der Waals surface area contributed by atoms with Crippen molar-refractivity contribution in [3.8, 4) is 5.75 Å². The van der Waals surface area contributed by atoms with Gasteiger partial charge in [0.05, 0.1) is 0 Å². The minimum atomic E-state index is -0.555. The van der Waals surface area contributed by atoms with Crippen LogP contribution in [0.2, 0.25) is 0 Å². The van der Waals surface area contributed by atoms with Gasteiger partial charge >= 0.3 is 0 Å². The van der Waals surface area contributed by atoms with Crippen LogP contribution in [0.4, 0.5) is 0 Å². The van der Waals surface area contributed by atoms with Crippen LogP contribution in [0.3, 0.4) is 0 Å². The van der Waals surface area contributed by atoms with Gasteiger partial charge in [-0.1, -0.05) is 48.5 Å². The first-order chi connectivity index (χ1) is 9.75. The van der Waals surface area contributed by atoms with Crippen molar-refractivity contribution in [2.75, 3.05) is 0 Å². The van der Waals surface area contributed by atoms with E-state index in [1.807, 2.05) is 60.7 Å². The number of ether oxygens (including phenoxy) is 1. The summed E-state index contributed by atoms with van der Waals surface area (Å²) in [7, 11) is 0. The van der Waals surface area contributed by atoms with Crippen LogP contribution >= 0.6 is 0 Å². The van der Waals surface area contributed by atoms with Gasteiger partial charge in [0.2, 0.25) is 0 Å². The van der Waals surface area contributed by atoms with Crippen molar-refractivity contribution in [3.05, 3.63) is 66.2 Å². The quantitative estimate of drug-likeness (QED) is 0.792. The standard InChI is InChI=1S/C16H18N2O2/c1-13(20-15-10-6-3-7-11-15)16(19)18-17-12-14-8-4-2-5-9-14/h2-11,13,17H,12H2,1H3,(H,18,19)/t13-/m1/s1. The van der Waals surface area contributed by atoms with E-state index in [9.17, 15) is 4.79 Å². The van der Waals surface area contributed by atoms with Crippen LogP contribution in [-0.2, 0) is 11.3 Å². The molecule has 2 aromatic rings. The maximum atomic E-state index is 11.8. The Kier molecular flexibility index (Phi) is 5.15. The molecule has 0 heterocycles. The summed E-state index contributed by atoms with van der Waals surface area (Å²) >= 11 is 0. The van der Waals surface area contributed by atoms with E-state index >= 15 is 0 Å². The lowest BCUT2D eigenvalue weighted by molar-refractivity contribution is -0.128. The van der Waals surface area contributed by atoms with Crippen LogP contribution in [-0.4, -0.2) is 12.0 Å². The van der Waals surface area contributed by atoms with Gasteiger partial charge in [0.1, 0.15) is 5.75 Å². The molecule has 20 heavy (non-hydrogen) atoms. The topological polar surface area (TPSA) is 50.4 Å². The fourth-order valence-electron chi connectivity index (χ4n) is 1.69. The number of benzene rings is 2. The SMILES string of the molecule is C[C@@H](Oc1ccccc1)C(=O)NNCc1ccccc1. The Labute approximate surface area is 118 Å². The number of para-hydroxylation sites is 1. The van der Waals surface area contributed by atoms with E-state index in [0.29, 0.717) is 12.3 Å². The molecule has 0 saturated carbocycles. The van der Waals surface area contributed by atoms with Crippen molar-refractivity contribution in [1.29, 1.82) is 0 Å². The van der Waals surface area contributed by atoms with Crippen LogP contribution in [0.25, 0.3) is 0 Å². The Morgan fingerprint density at radius 1 is 1.05 bits per heavy atom. The highest BCUT2D eigenvalue weighted by molar-refractivity contribution is 5.80. The molecule has 1 atom stereocenters. The number of carbonyl (C=O) groups is 1. The van der Waals surface area contributed by atoms with Crippen LogP contribution in [0.1, 0.15) is 12.5 Å². The maximum absolute atomic E-state index is 11.8. The van der Waals surface area contributed by atoms with Gasteiger partial charge in [-0.15, -0.1) is 0 Å². The van der Waals surface area contributed by atoms with Gasteiger partial charge in [-0.3, -0.25) is 10.2 Å². The smallest absolute Gasteiger partial charge is 0.274 e. The summed E-state index contributed by atoms with van der Waals surface area (Å²) in [6, 6.07) is 19.1. The minimum Gasteiger partial charge on any atom is -0.481 e. The van der Waals surface area contributed by atoms with Crippen molar-refractivity contribution < 1.29 is 9.53 Å². The molecule has 104 valence electrons. The van der Waals surface area contributed by atoms with Gasteiger partial charge in [0.15, 0.2) is 6.10 Å². The van der Waals surface area contributed by atoms with Crippen molar-refractivity contribution in [1.82, 2.24) is 10.9 Å². The van der Waals surface area contributed by atoms with Gasteiger partial charge in [-0.2, -0.15) is 0 Å². The third kappa shape index (κ3) is 4.40. The number of amides is 1. The maximum Gasteiger partial charge on any atom is 0.274 e. The Balaban J connectivity index is 1.74. The second-order valence-corrected chi connectivity index (χ2v) is 4.40. The fourth-order valence-corrected chi connectivity index (χ4v) is 1.69. The number of hydrazine groups is 1. The normalized spacial score (nSPS) is 11.7. The van der Waals surface area contributed by atoms with E-state index in [1.165, 1.54) is 0 Å². The lowest BCUT2D eigenvalue weighted by Crippen LogP contribution is -2.44. The summed E-state index contributed by atoms with van der Waals surface area (Å²) in [5.41, 5.74) is 6.63. The monoisotopic (exact) mass is 270 g/mol. The predicted octanol–water partition coefficient (Wildman–Crippen LogP) is 2.27. The predicted molar refractivity (Wildman–Crippen MR) is 78.0 cm³/mol. The number of carbonyl (C=O) groups excluding carboxylic acids is 1. The molecule has 0 aromatic heterocycles. The van der Waals surface area contributed by atoms with E-state index < -0.39 is 6.10 Å². The lowest BCUT2D eigenvalue weighted by atomic mass is 10.2. The van der Waals surface area contributed by atoms with Crippen molar-refractivity contribution in [3.63, 3.8) is 0 Å². The highest BCUT2D eigenvalue weighted by atomic mass is 16.5. The molecule has 1 amide bonds. The molecular formula is C16H18N2O2. The summed E-state index contributed by atoms with van der Waals surface area (Å²) in [5, 5.41) is 0. The molecule has 0 aliphatic rings. The molecule has 2 aromatic carbocycles. The third-order valence-electron chi connectivity index (χ3n) is 2.77. The highest BCUT2D eigenvalue weighted by Gasteiger charge is 2.13. The van der Waals surface area contributed by atoms with E-state index in [-0.39, 0.29) is 5.91 Å². The minimum absolute atomic E-state index is 0.204. The fraction of sp³-hybridized carbons (Fsp3) is 0.188. The van der Waals surface area contributed by atoms with E-state index in [2.05, 4.69) is 10.9 Å². The van der Waals surface area contributed by atoms with Gasteiger partial charge in [0.25, 0.3) is 5.91 Å². The Hall–Kier alpha value is -2.33. The summed E-state index contributed by atoms with van der Waals surface area (Å²) < 4.78 is 5.53. The molecule has 0 unspecified atom stereocenters. The largest absolute Gasteiger partial charge is 0.481 e. The Morgan fingerprint density at radius 3 is 2.30 bits per heavy atom. The van der Waals surface area contributed by atoms with E-state index in [1.54, 1.807) is 6.92 Å². The third-order valence-corrected chi connectivity index (χ3v) is 2.77. The summed E-state index contributed by atoms with van der Waals surface area (Å²) in [6.45, 7) is 2.29.